The molecule has 35 heavy (non-hydrogen) atoms. The SMILES string of the molecule is CN(C(=O)COc1ccc(N=COCO)c2ncccc12)C(CN1CC[C@H](O)C1)c1ccccc1. The molecule has 0 bridgehead atoms. The Hall–Kier alpha value is -3.53. The van der Waals surface area contributed by atoms with E-state index in [-0.39, 0.29) is 24.7 Å². The largest absolute Gasteiger partial charge is 0.483 e. The molecule has 2 aromatic carbocycles. The molecule has 9 heteroatoms. The fourth-order valence-corrected chi connectivity index (χ4v) is 4.25. The Bertz CT molecular complexity index is 1160. The number of β-amino-alcohol motifs (C(OH)–C–C–N with tert-alkyl or cyclic N) is 1. The van der Waals surface area contributed by atoms with Crippen LogP contribution in [0.15, 0.2) is 65.8 Å². The molecule has 1 aliphatic rings. The maximum absolute atomic E-state index is 13.2. The minimum atomic E-state index is -0.464. The number of aromatic nitrogens is 1. The van der Waals surface area contributed by atoms with E-state index in [0.29, 0.717) is 35.4 Å². The molecular formula is C26H30N4O5. The van der Waals surface area contributed by atoms with Gasteiger partial charge in [-0.1, -0.05) is 30.3 Å². The number of benzene rings is 2. The number of fused-ring (bicyclic) bond motifs is 1. The molecule has 0 spiro atoms. The predicted molar refractivity (Wildman–Crippen MR) is 133 cm³/mol. The van der Waals surface area contributed by atoms with Gasteiger partial charge in [-0.3, -0.25) is 14.7 Å². The molecule has 4 rings (SSSR count). The minimum absolute atomic E-state index is 0.136. The van der Waals surface area contributed by atoms with Gasteiger partial charge in [0.1, 0.15) is 5.75 Å². The molecule has 3 aromatic rings. The van der Waals surface area contributed by atoms with E-state index in [1.807, 2.05) is 36.4 Å². The zero-order valence-electron chi connectivity index (χ0n) is 19.7. The Balaban J connectivity index is 1.49. The normalized spacial score (nSPS) is 17.1. The van der Waals surface area contributed by atoms with Crippen molar-refractivity contribution < 1.29 is 24.5 Å². The van der Waals surface area contributed by atoms with Crippen LogP contribution in [0.5, 0.6) is 5.75 Å². The first kappa shape index (κ1) is 24.6. The van der Waals surface area contributed by atoms with E-state index in [0.717, 1.165) is 24.9 Å². The molecule has 1 fully saturated rings. The highest BCUT2D eigenvalue weighted by Gasteiger charge is 2.28. The number of rotatable bonds is 10. The molecule has 184 valence electrons. The highest BCUT2D eigenvalue weighted by molar-refractivity contribution is 5.94. The molecule has 0 aliphatic carbocycles. The van der Waals surface area contributed by atoms with Crippen LogP contribution >= 0.6 is 0 Å². The second kappa shape index (κ2) is 11.7. The summed E-state index contributed by atoms with van der Waals surface area (Å²) in [5.41, 5.74) is 2.19. The first-order valence-electron chi connectivity index (χ1n) is 11.5. The lowest BCUT2D eigenvalue weighted by Crippen LogP contribution is -2.40. The monoisotopic (exact) mass is 478 g/mol. The van der Waals surface area contributed by atoms with Crippen molar-refractivity contribution >= 4 is 28.9 Å². The summed E-state index contributed by atoms with van der Waals surface area (Å²) in [6.07, 6.45) is 3.23. The fraction of sp³-hybridized carbons (Fsp3) is 0.346. The number of aliphatic hydroxyl groups is 2. The molecule has 1 aromatic heterocycles. The Morgan fingerprint density at radius 1 is 1.26 bits per heavy atom. The third-order valence-electron chi connectivity index (χ3n) is 6.12. The lowest BCUT2D eigenvalue weighted by atomic mass is 10.0. The van der Waals surface area contributed by atoms with Crippen LogP contribution in [0, 0.1) is 0 Å². The van der Waals surface area contributed by atoms with E-state index in [9.17, 15) is 9.90 Å². The van der Waals surface area contributed by atoms with E-state index in [1.165, 1.54) is 0 Å². The van der Waals surface area contributed by atoms with Crippen molar-refractivity contribution in [3.8, 4) is 5.75 Å². The lowest BCUT2D eigenvalue weighted by molar-refractivity contribution is -0.134. The summed E-state index contributed by atoms with van der Waals surface area (Å²) < 4.78 is 10.7. The number of carbonyl (C=O) groups excluding carboxylic acids is 1. The predicted octanol–water partition coefficient (Wildman–Crippen LogP) is 2.51. The van der Waals surface area contributed by atoms with Crippen LogP contribution in [0.2, 0.25) is 0 Å². The van der Waals surface area contributed by atoms with Gasteiger partial charge in [0.2, 0.25) is 0 Å². The molecule has 2 heterocycles. The van der Waals surface area contributed by atoms with Gasteiger partial charge in [-0.05, 0) is 36.2 Å². The Kier molecular flexibility index (Phi) is 8.25. The summed E-state index contributed by atoms with van der Waals surface area (Å²) >= 11 is 0. The van der Waals surface area contributed by atoms with E-state index in [1.54, 1.807) is 36.3 Å². The minimum Gasteiger partial charge on any atom is -0.483 e. The zero-order valence-corrected chi connectivity index (χ0v) is 19.7. The molecular weight excluding hydrogens is 448 g/mol. The number of nitrogens with zero attached hydrogens (tertiary/aromatic N) is 4. The summed E-state index contributed by atoms with van der Waals surface area (Å²) in [5.74, 6) is 0.366. The number of likely N-dealkylation sites (N-methyl/N-ethyl adjacent to an activating group) is 1. The Morgan fingerprint density at radius 3 is 2.83 bits per heavy atom. The molecule has 1 aliphatic heterocycles. The van der Waals surface area contributed by atoms with Crippen molar-refractivity contribution in [2.75, 3.05) is 40.1 Å². The van der Waals surface area contributed by atoms with E-state index in [4.69, 9.17) is 14.6 Å². The van der Waals surface area contributed by atoms with Gasteiger partial charge in [0.25, 0.3) is 5.91 Å². The maximum Gasteiger partial charge on any atom is 0.260 e. The highest BCUT2D eigenvalue weighted by atomic mass is 16.6. The van der Waals surface area contributed by atoms with Gasteiger partial charge >= 0.3 is 0 Å². The molecule has 1 unspecified atom stereocenters. The van der Waals surface area contributed by atoms with E-state index >= 15 is 0 Å². The number of likely N-dealkylation sites (tertiary alicyclic amines) is 1. The number of carbonyl (C=O) groups is 1. The van der Waals surface area contributed by atoms with Crippen molar-refractivity contribution in [1.82, 2.24) is 14.8 Å². The van der Waals surface area contributed by atoms with Gasteiger partial charge in [0.15, 0.2) is 19.8 Å². The summed E-state index contributed by atoms with van der Waals surface area (Å²) in [7, 11) is 1.79. The zero-order chi connectivity index (χ0) is 24.6. The summed E-state index contributed by atoms with van der Waals surface area (Å²) in [6.45, 7) is 1.45. The molecule has 0 saturated carbocycles. The number of amides is 1. The number of hydrogen-bond acceptors (Lipinski definition) is 8. The van der Waals surface area contributed by atoms with Crippen LogP contribution < -0.4 is 4.74 Å². The fourth-order valence-electron chi connectivity index (χ4n) is 4.25. The van der Waals surface area contributed by atoms with Crippen molar-refractivity contribution in [2.45, 2.75) is 18.6 Å². The summed E-state index contributed by atoms with van der Waals surface area (Å²) in [6, 6.07) is 16.8. The van der Waals surface area contributed by atoms with Crippen LogP contribution in [0.25, 0.3) is 10.9 Å². The maximum atomic E-state index is 13.2. The van der Waals surface area contributed by atoms with Crippen molar-refractivity contribution in [3.63, 3.8) is 0 Å². The van der Waals surface area contributed by atoms with Gasteiger partial charge in [-0.2, -0.15) is 0 Å². The van der Waals surface area contributed by atoms with Gasteiger partial charge in [0, 0.05) is 38.3 Å². The van der Waals surface area contributed by atoms with Gasteiger partial charge < -0.3 is 24.6 Å². The first-order chi connectivity index (χ1) is 17.1. The summed E-state index contributed by atoms with van der Waals surface area (Å²) in [5, 5.41) is 19.4. The van der Waals surface area contributed by atoms with Crippen molar-refractivity contribution in [1.29, 1.82) is 0 Å². The van der Waals surface area contributed by atoms with Gasteiger partial charge in [-0.25, -0.2) is 4.99 Å². The molecule has 0 radical (unpaired) electrons. The highest BCUT2D eigenvalue weighted by Crippen LogP contribution is 2.32. The first-order valence-corrected chi connectivity index (χ1v) is 11.5. The Morgan fingerprint density at radius 2 is 2.09 bits per heavy atom. The third-order valence-corrected chi connectivity index (χ3v) is 6.12. The number of aliphatic imine (C=N–C) groups is 1. The molecule has 1 saturated heterocycles. The van der Waals surface area contributed by atoms with Crippen molar-refractivity contribution in [2.24, 2.45) is 4.99 Å². The second-order valence-electron chi connectivity index (χ2n) is 8.43. The molecule has 2 N–H and O–H groups in total. The molecule has 9 nitrogen and oxygen atoms in total. The third kappa shape index (κ3) is 6.13. The average Bonchev–Trinajstić information content (AvgIpc) is 3.31. The Labute approximate surface area is 204 Å². The molecule has 2 atom stereocenters. The van der Waals surface area contributed by atoms with E-state index in [2.05, 4.69) is 14.9 Å². The standard InChI is InChI=1S/C26H30N4O5/c1-29(23(19-6-3-2-4-7-19)15-30-13-11-20(32)14-30)25(33)16-35-24-10-9-22(28-17-34-18-31)26-21(24)8-5-12-27-26/h2-10,12,17,20,23,31-32H,11,13-16,18H2,1H3/t20-,23?/m0/s1. The van der Waals surface area contributed by atoms with Crippen LogP contribution in [-0.4, -0.2) is 83.5 Å². The van der Waals surface area contributed by atoms with Crippen LogP contribution in [0.3, 0.4) is 0 Å². The van der Waals surface area contributed by atoms with Gasteiger partial charge in [0.05, 0.1) is 23.3 Å². The van der Waals surface area contributed by atoms with Gasteiger partial charge in [-0.15, -0.1) is 0 Å². The van der Waals surface area contributed by atoms with Crippen molar-refractivity contribution in [3.05, 3.63) is 66.4 Å². The number of aliphatic hydroxyl groups excluding tert-OH is 2. The van der Waals surface area contributed by atoms with Crippen LogP contribution in [0.1, 0.15) is 18.0 Å². The number of ether oxygens (including phenoxy) is 2. The smallest absolute Gasteiger partial charge is 0.260 e. The summed E-state index contributed by atoms with van der Waals surface area (Å²) in [4.78, 5) is 25.7. The second-order valence-corrected chi connectivity index (χ2v) is 8.43. The lowest BCUT2D eigenvalue weighted by Gasteiger charge is -2.32. The quantitative estimate of drug-likeness (QED) is 0.262. The van der Waals surface area contributed by atoms with Crippen LogP contribution in [-0.2, 0) is 9.53 Å². The number of pyridine rings is 1. The van der Waals surface area contributed by atoms with Crippen LogP contribution in [0.4, 0.5) is 5.69 Å². The number of hydrogen-bond donors (Lipinski definition) is 2. The average molecular weight is 479 g/mol. The van der Waals surface area contributed by atoms with E-state index < -0.39 is 6.79 Å². The molecule has 1 amide bonds. The topological polar surface area (TPSA) is 108 Å².